The summed E-state index contributed by atoms with van der Waals surface area (Å²) < 4.78 is 41.6. The van der Waals surface area contributed by atoms with E-state index in [1.807, 2.05) is 19.1 Å². The predicted molar refractivity (Wildman–Crippen MR) is 110 cm³/mol. The SMILES string of the molecule is Cc1ccc(NC(=O)[C@@H](NS(=O)(=O)c2ccccc2F)C(C)C)c2cccnc12. The lowest BCUT2D eigenvalue weighted by atomic mass is 10.0. The molecular weight excluding hydrogens is 393 g/mol. The zero-order chi connectivity index (χ0) is 21.2. The minimum absolute atomic E-state index is 0.369. The van der Waals surface area contributed by atoms with Crippen LogP contribution in [0.5, 0.6) is 0 Å². The summed E-state index contributed by atoms with van der Waals surface area (Å²) in [5.74, 6) is -1.78. The van der Waals surface area contributed by atoms with Gasteiger partial charge in [0.1, 0.15) is 16.8 Å². The third-order valence-corrected chi connectivity index (χ3v) is 6.06. The molecule has 152 valence electrons. The van der Waals surface area contributed by atoms with E-state index < -0.39 is 32.7 Å². The van der Waals surface area contributed by atoms with Gasteiger partial charge in [-0.25, -0.2) is 12.8 Å². The first-order valence-electron chi connectivity index (χ1n) is 9.13. The van der Waals surface area contributed by atoms with Crippen molar-refractivity contribution >= 4 is 32.5 Å². The smallest absolute Gasteiger partial charge is 0.244 e. The minimum Gasteiger partial charge on any atom is -0.324 e. The van der Waals surface area contributed by atoms with Crippen LogP contribution in [-0.4, -0.2) is 25.4 Å². The summed E-state index contributed by atoms with van der Waals surface area (Å²) in [5, 5.41) is 3.53. The van der Waals surface area contributed by atoms with Gasteiger partial charge in [-0.1, -0.05) is 32.0 Å². The number of sulfonamides is 1. The summed E-state index contributed by atoms with van der Waals surface area (Å²) in [5.41, 5.74) is 2.23. The standard InChI is InChI=1S/C21H22FN3O3S/c1-13(2)19(25-29(27,28)18-9-5-4-8-16(18)22)21(26)24-17-11-10-14(3)20-15(17)7-6-12-23-20/h4-13,19,25H,1-3H3,(H,24,26)/t19-/m0/s1. The Kier molecular flexibility index (Phi) is 5.95. The number of hydrogen-bond donors (Lipinski definition) is 2. The molecule has 3 aromatic rings. The lowest BCUT2D eigenvalue weighted by Gasteiger charge is -2.22. The van der Waals surface area contributed by atoms with Crippen molar-refractivity contribution in [2.45, 2.75) is 31.7 Å². The van der Waals surface area contributed by atoms with Crippen LogP contribution in [0.2, 0.25) is 0 Å². The van der Waals surface area contributed by atoms with Gasteiger partial charge in [0.25, 0.3) is 0 Å². The number of rotatable bonds is 6. The molecule has 0 radical (unpaired) electrons. The Labute approximate surface area is 169 Å². The predicted octanol–water partition coefficient (Wildman–Crippen LogP) is 3.62. The Morgan fingerprint density at radius 2 is 1.79 bits per heavy atom. The van der Waals surface area contributed by atoms with Gasteiger partial charge in [-0.05, 0) is 48.7 Å². The highest BCUT2D eigenvalue weighted by Gasteiger charge is 2.30. The fraction of sp³-hybridized carbons (Fsp3) is 0.238. The lowest BCUT2D eigenvalue weighted by Crippen LogP contribution is -2.47. The van der Waals surface area contributed by atoms with Crippen LogP contribution in [0.1, 0.15) is 19.4 Å². The van der Waals surface area contributed by atoms with Gasteiger partial charge in [0.2, 0.25) is 15.9 Å². The molecule has 8 heteroatoms. The number of amides is 1. The zero-order valence-corrected chi connectivity index (χ0v) is 17.1. The van der Waals surface area contributed by atoms with Crippen molar-refractivity contribution in [3.8, 4) is 0 Å². The molecule has 0 fully saturated rings. The van der Waals surface area contributed by atoms with Crippen LogP contribution in [0.25, 0.3) is 10.9 Å². The van der Waals surface area contributed by atoms with Crippen LogP contribution in [0.4, 0.5) is 10.1 Å². The fourth-order valence-corrected chi connectivity index (χ4v) is 4.44. The molecule has 0 unspecified atom stereocenters. The Hall–Kier alpha value is -2.84. The van der Waals surface area contributed by atoms with E-state index >= 15 is 0 Å². The van der Waals surface area contributed by atoms with Gasteiger partial charge in [-0.15, -0.1) is 0 Å². The molecule has 0 saturated heterocycles. The number of nitrogens with one attached hydrogen (secondary N) is 2. The number of nitrogens with zero attached hydrogens (tertiary/aromatic N) is 1. The van der Waals surface area contributed by atoms with Crippen molar-refractivity contribution in [3.05, 3.63) is 66.1 Å². The third kappa shape index (κ3) is 4.44. The van der Waals surface area contributed by atoms with Crippen molar-refractivity contribution in [2.24, 2.45) is 5.92 Å². The molecule has 1 aromatic heterocycles. The van der Waals surface area contributed by atoms with E-state index in [1.165, 1.54) is 12.1 Å². The fourth-order valence-electron chi connectivity index (χ4n) is 3.02. The van der Waals surface area contributed by atoms with Gasteiger partial charge in [0.05, 0.1) is 11.2 Å². The van der Waals surface area contributed by atoms with Crippen LogP contribution in [0, 0.1) is 18.7 Å². The van der Waals surface area contributed by atoms with E-state index in [-0.39, 0.29) is 5.92 Å². The van der Waals surface area contributed by atoms with Crippen molar-refractivity contribution in [1.82, 2.24) is 9.71 Å². The van der Waals surface area contributed by atoms with Crippen LogP contribution < -0.4 is 10.0 Å². The van der Waals surface area contributed by atoms with E-state index in [0.717, 1.165) is 28.6 Å². The van der Waals surface area contributed by atoms with Gasteiger partial charge in [0.15, 0.2) is 0 Å². The number of aromatic nitrogens is 1. The van der Waals surface area contributed by atoms with Gasteiger partial charge >= 0.3 is 0 Å². The first kappa shape index (κ1) is 20.9. The summed E-state index contributed by atoms with van der Waals surface area (Å²) in [6.07, 6.45) is 1.67. The van der Waals surface area contributed by atoms with E-state index in [2.05, 4.69) is 15.0 Å². The van der Waals surface area contributed by atoms with Crippen LogP contribution in [0.3, 0.4) is 0 Å². The van der Waals surface area contributed by atoms with Crippen molar-refractivity contribution < 1.29 is 17.6 Å². The summed E-state index contributed by atoms with van der Waals surface area (Å²) in [6.45, 7) is 5.34. The Balaban J connectivity index is 1.90. The van der Waals surface area contributed by atoms with Crippen LogP contribution in [0.15, 0.2) is 59.6 Å². The van der Waals surface area contributed by atoms with E-state index in [0.29, 0.717) is 5.69 Å². The molecule has 6 nitrogen and oxygen atoms in total. The molecular formula is C21H22FN3O3S. The van der Waals surface area contributed by atoms with Gasteiger partial charge in [-0.3, -0.25) is 9.78 Å². The van der Waals surface area contributed by atoms with Crippen molar-refractivity contribution in [3.63, 3.8) is 0 Å². The van der Waals surface area contributed by atoms with E-state index in [9.17, 15) is 17.6 Å². The largest absolute Gasteiger partial charge is 0.324 e. The summed E-state index contributed by atoms with van der Waals surface area (Å²) >= 11 is 0. The molecule has 0 bridgehead atoms. The number of carbonyl (C=O) groups excluding carboxylic acids is 1. The number of hydrogen-bond acceptors (Lipinski definition) is 4. The minimum atomic E-state index is -4.22. The maximum Gasteiger partial charge on any atom is 0.244 e. The summed E-state index contributed by atoms with van der Waals surface area (Å²) in [4.78, 5) is 16.8. The lowest BCUT2D eigenvalue weighted by molar-refractivity contribution is -0.118. The quantitative estimate of drug-likeness (QED) is 0.644. The van der Waals surface area contributed by atoms with Crippen molar-refractivity contribution in [2.75, 3.05) is 5.32 Å². The van der Waals surface area contributed by atoms with Crippen molar-refractivity contribution in [1.29, 1.82) is 0 Å². The zero-order valence-electron chi connectivity index (χ0n) is 16.3. The summed E-state index contributed by atoms with van der Waals surface area (Å²) in [7, 11) is -4.22. The monoisotopic (exact) mass is 415 g/mol. The van der Waals surface area contributed by atoms with Gasteiger partial charge in [0, 0.05) is 11.6 Å². The second-order valence-corrected chi connectivity index (χ2v) is 8.77. The highest BCUT2D eigenvalue weighted by Crippen LogP contribution is 2.25. The Bertz CT molecular complexity index is 1160. The molecule has 29 heavy (non-hydrogen) atoms. The molecule has 0 aliphatic heterocycles. The number of halogens is 1. The number of anilines is 1. The average molecular weight is 415 g/mol. The van der Waals surface area contributed by atoms with E-state index in [4.69, 9.17) is 0 Å². The normalized spacial score (nSPS) is 12.9. The molecule has 3 rings (SSSR count). The molecule has 0 aliphatic carbocycles. The molecule has 1 amide bonds. The second kappa shape index (κ2) is 8.26. The first-order valence-corrected chi connectivity index (χ1v) is 10.6. The van der Waals surface area contributed by atoms with Crippen LogP contribution in [-0.2, 0) is 14.8 Å². The number of carbonyl (C=O) groups is 1. The topological polar surface area (TPSA) is 88.2 Å². The maximum atomic E-state index is 14.0. The first-order chi connectivity index (χ1) is 13.7. The molecule has 2 N–H and O–H groups in total. The molecule has 1 atom stereocenters. The number of fused-ring (bicyclic) bond motifs is 1. The molecule has 2 aromatic carbocycles. The maximum absolute atomic E-state index is 14.0. The highest BCUT2D eigenvalue weighted by atomic mass is 32.2. The Morgan fingerprint density at radius 3 is 2.48 bits per heavy atom. The average Bonchev–Trinajstić information content (AvgIpc) is 2.68. The van der Waals surface area contributed by atoms with Crippen LogP contribution >= 0.6 is 0 Å². The number of benzene rings is 2. The highest BCUT2D eigenvalue weighted by molar-refractivity contribution is 7.89. The van der Waals surface area contributed by atoms with Gasteiger partial charge in [-0.2, -0.15) is 4.72 Å². The Morgan fingerprint density at radius 1 is 1.07 bits per heavy atom. The number of aryl methyl sites for hydroxylation is 1. The molecule has 0 aliphatic rings. The van der Waals surface area contributed by atoms with Gasteiger partial charge < -0.3 is 5.32 Å². The molecule has 1 heterocycles. The molecule has 0 saturated carbocycles. The molecule has 0 spiro atoms. The number of pyridine rings is 1. The van der Waals surface area contributed by atoms with E-state index in [1.54, 1.807) is 32.2 Å². The summed E-state index contributed by atoms with van der Waals surface area (Å²) in [6, 6.07) is 11.1. The third-order valence-electron chi connectivity index (χ3n) is 4.59. The second-order valence-electron chi connectivity index (χ2n) is 7.09.